The predicted octanol–water partition coefficient (Wildman–Crippen LogP) is 3.02. The molecular formula is C13H21NO. The molecule has 15 heavy (non-hydrogen) atoms. The van der Waals surface area contributed by atoms with E-state index in [9.17, 15) is 4.79 Å². The lowest BCUT2D eigenvalue weighted by Gasteiger charge is -2.21. The second-order valence-electron chi connectivity index (χ2n) is 4.89. The predicted molar refractivity (Wildman–Crippen MR) is 63.2 cm³/mol. The molecule has 2 nitrogen and oxygen atoms in total. The largest absolute Gasteiger partial charge is 0.329 e. The van der Waals surface area contributed by atoms with Gasteiger partial charge in [-0.15, -0.1) is 0 Å². The smallest absolute Gasteiger partial charge is 0.224 e. The average Bonchev–Trinajstić information content (AvgIpc) is 2.08. The molecule has 84 valence electrons. The highest BCUT2D eigenvalue weighted by molar-refractivity contribution is 5.78. The van der Waals surface area contributed by atoms with E-state index in [1.54, 1.807) is 0 Å². The van der Waals surface area contributed by atoms with Crippen LogP contribution in [-0.4, -0.2) is 5.91 Å². The maximum absolute atomic E-state index is 11.6. The fourth-order valence-corrected chi connectivity index (χ4v) is 1.80. The molecule has 1 rings (SSSR count). The van der Waals surface area contributed by atoms with Gasteiger partial charge in [0, 0.05) is 12.1 Å². The molecule has 1 aliphatic rings. The van der Waals surface area contributed by atoms with Gasteiger partial charge in [0.05, 0.1) is 0 Å². The van der Waals surface area contributed by atoms with E-state index in [1.807, 2.05) is 6.08 Å². The number of allylic oxidation sites excluding steroid dienone is 4. The van der Waals surface area contributed by atoms with Gasteiger partial charge in [0.1, 0.15) is 0 Å². The number of carbonyl (C=O) groups is 1. The van der Waals surface area contributed by atoms with Crippen LogP contribution in [0, 0.1) is 11.8 Å². The first-order chi connectivity index (χ1) is 6.99. The Morgan fingerprint density at radius 3 is 2.73 bits per heavy atom. The molecule has 1 atom stereocenters. The lowest BCUT2D eigenvalue weighted by Crippen LogP contribution is -2.28. The van der Waals surface area contributed by atoms with Crippen LogP contribution in [0.3, 0.4) is 0 Å². The summed E-state index contributed by atoms with van der Waals surface area (Å²) in [5.74, 6) is 0.990. The Bertz CT molecular complexity index is 300. The van der Waals surface area contributed by atoms with Gasteiger partial charge >= 0.3 is 0 Å². The van der Waals surface area contributed by atoms with Crippen LogP contribution in [0.15, 0.2) is 23.4 Å². The number of nitrogens with one attached hydrogen (secondary N) is 1. The minimum Gasteiger partial charge on any atom is -0.329 e. The Morgan fingerprint density at radius 2 is 2.20 bits per heavy atom. The minimum atomic E-state index is 0.135. The lowest BCUT2D eigenvalue weighted by molar-refractivity contribution is -0.121. The maximum atomic E-state index is 11.6. The molecule has 1 amide bonds. The van der Waals surface area contributed by atoms with Crippen molar-refractivity contribution in [2.75, 3.05) is 0 Å². The Hall–Kier alpha value is -1.05. The molecule has 1 unspecified atom stereocenters. The van der Waals surface area contributed by atoms with Gasteiger partial charge in [-0.1, -0.05) is 32.4 Å². The molecule has 2 heteroatoms. The highest BCUT2D eigenvalue weighted by Gasteiger charge is 2.15. The summed E-state index contributed by atoms with van der Waals surface area (Å²) in [6.07, 6.45) is 5.77. The molecule has 0 aromatic carbocycles. The van der Waals surface area contributed by atoms with E-state index in [-0.39, 0.29) is 5.91 Å². The number of amides is 1. The van der Waals surface area contributed by atoms with Crippen LogP contribution in [0.4, 0.5) is 0 Å². The highest BCUT2D eigenvalue weighted by Crippen LogP contribution is 2.22. The molecule has 0 fully saturated rings. The van der Waals surface area contributed by atoms with Gasteiger partial charge in [0.25, 0.3) is 0 Å². The highest BCUT2D eigenvalue weighted by atomic mass is 16.1. The summed E-state index contributed by atoms with van der Waals surface area (Å²) < 4.78 is 0. The second-order valence-corrected chi connectivity index (χ2v) is 4.89. The monoisotopic (exact) mass is 207 g/mol. The third-order valence-electron chi connectivity index (χ3n) is 2.58. The summed E-state index contributed by atoms with van der Waals surface area (Å²) in [6, 6.07) is 0. The van der Waals surface area contributed by atoms with Crippen molar-refractivity contribution in [1.29, 1.82) is 0 Å². The van der Waals surface area contributed by atoms with E-state index in [0.717, 1.165) is 12.1 Å². The van der Waals surface area contributed by atoms with Gasteiger partial charge in [-0.25, -0.2) is 0 Å². The van der Waals surface area contributed by atoms with E-state index >= 15 is 0 Å². The summed E-state index contributed by atoms with van der Waals surface area (Å²) in [7, 11) is 0. The van der Waals surface area contributed by atoms with Crippen molar-refractivity contribution >= 4 is 5.91 Å². The average molecular weight is 207 g/mol. The summed E-state index contributed by atoms with van der Waals surface area (Å²) in [5, 5.41) is 3.00. The molecule has 0 radical (unpaired) electrons. The molecular weight excluding hydrogens is 186 g/mol. The molecule has 0 aromatic rings. The van der Waals surface area contributed by atoms with Crippen LogP contribution in [0.5, 0.6) is 0 Å². The van der Waals surface area contributed by atoms with Gasteiger partial charge in [0.15, 0.2) is 0 Å². The van der Waals surface area contributed by atoms with Gasteiger partial charge < -0.3 is 5.32 Å². The van der Waals surface area contributed by atoms with E-state index in [2.05, 4.69) is 39.1 Å². The lowest BCUT2D eigenvalue weighted by atomic mass is 9.93. The fraction of sp³-hybridized carbons (Fsp3) is 0.615. The van der Waals surface area contributed by atoms with Crippen LogP contribution in [0.2, 0.25) is 0 Å². The third kappa shape index (κ3) is 3.90. The summed E-state index contributed by atoms with van der Waals surface area (Å²) in [4.78, 5) is 11.6. The van der Waals surface area contributed by atoms with Gasteiger partial charge in [-0.3, -0.25) is 4.79 Å². The van der Waals surface area contributed by atoms with E-state index < -0.39 is 0 Å². The standard InChI is InChI=1S/C13H21NO/c1-9(2)7-13(15)14-12-6-5-10(3)8-11(12)4/h5-6,9,11H,7-8H2,1-4H3,(H,14,15). The third-order valence-corrected chi connectivity index (χ3v) is 2.58. The topological polar surface area (TPSA) is 29.1 Å². The van der Waals surface area contributed by atoms with E-state index in [4.69, 9.17) is 0 Å². The first kappa shape index (κ1) is 12.0. The first-order valence-electron chi connectivity index (χ1n) is 5.66. The summed E-state index contributed by atoms with van der Waals surface area (Å²) >= 11 is 0. The minimum absolute atomic E-state index is 0.135. The zero-order valence-corrected chi connectivity index (χ0v) is 10.1. The van der Waals surface area contributed by atoms with Gasteiger partial charge in [0.2, 0.25) is 5.91 Å². The van der Waals surface area contributed by atoms with Crippen LogP contribution in [0.25, 0.3) is 0 Å². The number of rotatable bonds is 3. The molecule has 0 aromatic heterocycles. The summed E-state index contributed by atoms with van der Waals surface area (Å²) in [5.41, 5.74) is 2.44. The van der Waals surface area contributed by atoms with Crippen molar-refractivity contribution in [1.82, 2.24) is 5.32 Å². The molecule has 0 saturated carbocycles. The zero-order chi connectivity index (χ0) is 11.4. The van der Waals surface area contributed by atoms with E-state index in [0.29, 0.717) is 18.3 Å². The van der Waals surface area contributed by atoms with Crippen molar-refractivity contribution in [2.24, 2.45) is 11.8 Å². The molecule has 1 aliphatic carbocycles. The molecule has 0 aliphatic heterocycles. The van der Waals surface area contributed by atoms with Crippen LogP contribution >= 0.6 is 0 Å². The van der Waals surface area contributed by atoms with Crippen LogP contribution in [-0.2, 0) is 4.79 Å². The number of hydrogen-bond donors (Lipinski definition) is 1. The molecule has 0 spiro atoms. The quantitative estimate of drug-likeness (QED) is 0.757. The van der Waals surface area contributed by atoms with Crippen molar-refractivity contribution in [2.45, 2.75) is 40.5 Å². The van der Waals surface area contributed by atoms with Crippen molar-refractivity contribution in [3.8, 4) is 0 Å². The maximum Gasteiger partial charge on any atom is 0.224 e. The first-order valence-corrected chi connectivity index (χ1v) is 5.66. The van der Waals surface area contributed by atoms with Gasteiger partial charge in [-0.2, -0.15) is 0 Å². The fourth-order valence-electron chi connectivity index (χ4n) is 1.80. The SMILES string of the molecule is CC1=CC=C(NC(=O)CC(C)C)C(C)C1. The number of hydrogen-bond acceptors (Lipinski definition) is 1. The van der Waals surface area contributed by atoms with Crippen molar-refractivity contribution in [3.05, 3.63) is 23.4 Å². The van der Waals surface area contributed by atoms with E-state index in [1.165, 1.54) is 5.57 Å². The van der Waals surface area contributed by atoms with Crippen LogP contribution in [0.1, 0.15) is 40.5 Å². The van der Waals surface area contributed by atoms with Gasteiger partial charge in [-0.05, 0) is 31.3 Å². The second kappa shape index (κ2) is 5.15. The Labute approximate surface area is 92.4 Å². The Morgan fingerprint density at radius 1 is 1.53 bits per heavy atom. The Balaban J connectivity index is 2.54. The molecule has 0 bridgehead atoms. The summed E-state index contributed by atoms with van der Waals surface area (Å²) in [6.45, 7) is 8.39. The van der Waals surface area contributed by atoms with Crippen molar-refractivity contribution < 1.29 is 4.79 Å². The van der Waals surface area contributed by atoms with Crippen LogP contribution < -0.4 is 5.32 Å². The Kier molecular flexibility index (Phi) is 4.13. The van der Waals surface area contributed by atoms with Crippen molar-refractivity contribution in [3.63, 3.8) is 0 Å². The molecule has 1 N–H and O–H groups in total. The normalized spacial score (nSPS) is 21.0. The zero-order valence-electron chi connectivity index (χ0n) is 10.1. The number of carbonyl (C=O) groups excluding carboxylic acids is 1. The molecule has 0 heterocycles. The molecule has 0 saturated heterocycles.